The second-order valence-electron chi connectivity index (χ2n) is 4.35. The molecule has 1 heterocycles. The SMILES string of the molecule is COC(=O)C(Br)CNC(=O)c1cc2cc(C)ccc2o1. The number of nitrogens with one attached hydrogen (secondary N) is 1. The maximum Gasteiger partial charge on any atom is 0.321 e. The van der Waals surface area contributed by atoms with Gasteiger partial charge in [-0.25, -0.2) is 0 Å². The molecule has 5 nitrogen and oxygen atoms in total. The number of methoxy groups -OCH3 is 1. The number of hydrogen-bond donors (Lipinski definition) is 1. The van der Waals surface area contributed by atoms with Gasteiger partial charge in [0, 0.05) is 11.9 Å². The average Bonchev–Trinajstić information content (AvgIpc) is 2.86. The summed E-state index contributed by atoms with van der Waals surface area (Å²) >= 11 is 3.13. The topological polar surface area (TPSA) is 68.5 Å². The zero-order valence-corrected chi connectivity index (χ0v) is 12.7. The van der Waals surface area contributed by atoms with Crippen LogP contribution in [0.5, 0.6) is 0 Å². The molecule has 1 unspecified atom stereocenters. The van der Waals surface area contributed by atoms with Crippen LogP contribution in [0.25, 0.3) is 11.0 Å². The molecule has 20 heavy (non-hydrogen) atoms. The number of ether oxygens (including phenoxy) is 1. The molecule has 0 aliphatic heterocycles. The van der Waals surface area contributed by atoms with Crippen molar-refractivity contribution < 1.29 is 18.7 Å². The lowest BCUT2D eigenvalue weighted by atomic mass is 10.2. The molecule has 0 radical (unpaired) electrons. The van der Waals surface area contributed by atoms with Crippen LogP contribution in [-0.2, 0) is 9.53 Å². The molecule has 0 bridgehead atoms. The van der Waals surface area contributed by atoms with Crippen LogP contribution in [0, 0.1) is 6.92 Å². The molecule has 106 valence electrons. The number of halogens is 1. The lowest BCUT2D eigenvalue weighted by Crippen LogP contribution is -2.33. The fraction of sp³-hybridized carbons (Fsp3) is 0.286. The highest BCUT2D eigenvalue weighted by atomic mass is 79.9. The maximum absolute atomic E-state index is 11.9. The fourth-order valence-electron chi connectivity index (χ4n) is 1.76. The summed E-state index contributed by atoms with van der Waals surface area (Å²) in [7, 11) is 1.29. The first-order valence-corrected chi connectivity index (χ1v) is 6.93. The zero-order valence-electron chi connectivity index (χ0n) is 11.1. The average molecular weight is 340 g/mol. The Bertz CT molecular complexity index is 650. The summed E-state index contributed by atoms with van der Waals surface area (Å²) in [6.07, 6.45) is 0. The van der Waals surface area contributed by atoms with E-state index in [1.807, 2.05) is 25.1 Å². The third kappa shape index (κ3) is 3.19. The second-order valence-corrected chi connectivity index (χ2v) is 5.46. The monoisotopic (exact) mass is 339 g/mol. The van der Waals surface area contributed by atoms with Crippen LogP contribution >= 0.6 is 15.9 Å². The molecule has 2 aromatic rings. The second kappa shape index (κ2) is 6.09. The summed E-state index contributed by atoms with van der Waals surface area (Å²) in [5, 5.41) is 3.48. The highest BCUT2D eigenvalue weighted by Crippen LogP contribution is 2.20. The summed E-state index contributed by atoms with van der Waals surface area (Å²) in [5.41, 5.74) is 1.75. The minimum atomic E-state index is -0.580. The molecule has 1 aromatic carbocycles. The van der Waals surface area contributed by atoms with Gasteiger partial charge in [-0.05, 0) is 25.1 Å². The van der Waals surface area contributed by atoms with Gasteiger partial charge in [-0.3, -0.25) is 9.59 Å². The van der Waals surface area contributed by atoms with E-state index in [1.165, 1.54) is 7.11 Å². The van der Waals surface area contributed by atoms with Gasteiger partial charge in [-0.1, -0.05) is 27.6 Å². The van der Waals surface area contributed by atoms with E-state index in [0.717, 1.165) is 10.9 Å². The maximum atomic E-state index is 11.9. The first kappa shape index (κ1) is 14.6. The van der Waals surface area contributed by atoms with Crippen molar-refractivity contribution in [3.63, 3.8) is 0 Å². The number of carbonyl (C=O) groups excluding carboxylic acids is 2. The van der Waals surface area contributed by atoms with Crippen molar-refractivity contribution in [3.8, 4) is 0 Å². The van der Waals surface area contributed by atoms with Gasteiger partial charge in [-0.15, -0.1) is 0 Å². The minimum Gasteiger partial charge on any atom is -0.468 e. The van der Waals surface area contributed by atoms with Crippen LogP contribution in [0.2, 0.25) is 0 Å². The Hall–Kier alpha value is -1.82. The number of benzene rings is 1. The number of rotatable bonds is 4. The van der Waals surface area contributed by atoms with Crippen LogP contribution in [0.3, 0.4) is 0 Å². The molecule has 0 spiro atoms. The Kier molecular flexibility index (Phi) is 4.44. The first-order chi connectivity index (χ1) is 9.51. The molecule has 0 saturated carbocycles. The van der Waals surface area contributed by atoms with Crippen LogP contribution in [-0.4, -0.2) is 30.4 Å². The molecular weight excluding hydrogens is 326 g/mol. The van der Waals surface area contributed by atoms with E-state index in [1.54, 1.807) is 6.07 Å². The van der Waals surface area contributed by atoms with Gasteiger partial charge in [0.05, 0.1) is 7.11 Å². The predicted molar refractivity (Wildman–Crippen MR) is 78.0 cm³/mol. The Balaban J connectivity index is 2.06. The van der Waals surface area contributed by atoms with Crippen molar-refractivity contribution in [2.75, 3.05) is 13.7 Å². The van der Waals surface area contributed by atoms with Crippen LogP contribution in [0.15, 0.2) is 28.7 Å². The highest BCUT2D eigenvalue weighted by Gasteiger charge is 2.18. The third-order valence-corrected chi connectivity index (χ3v) is 3.49. The van der Waals surface area contributed by atoms with Crippen LogP contribution < -0.4 is 5.32 Å². The number of fused-ring (bicyclic) bond motifs is 1. The van der Waals surface area contributed by atoms with Crippen molar-refractivity contribution >= 4 is 38.8 Å². The molecule has 0 aliphatic carbocycles. The van der Waals surface area contributed by atoms with Crippen molar-refractivity contribution in [1.82, 2.24) is 5.32 Å². The first-order valence-electron chi connectivity index (χ1n) is 6.01. The molecule has 1 amide bonds. The zero-order chi connectivity index (χ0) is 14.7. The summed E-state index contributed by atoms with van der Waals surface area (Å²) < 4.78 is 10.0. The van der Waals surface area contributed by atoms with Gasteiger partial charge >= 0.3 is 5.97 Å². The van der Waals surface area contributed by atoms with Gasteiger partial charge < -0.3 is 14.5 Å². The number of furan rings is 1. The number of amides is 1. The minimum absolute atomic E-state index is 0.127. The third-order valence-electron chi connectivity index (χ3n) is 2.79. The van der Waals surface area contributed by atoms with E-state index in [4.69, 9.17) is 4.42 Å². The van der Waals surface area contributed by atoms with E-state index in [0.29, 0.717) is 5.58 Å². The quantitative estimate of drug-likeness (QED) is 0.686. The Morgan fingerprint density at radius 3 is 2.85 bits per heavy atom. The Morgan fingerprint density at radius 1 is 1.40 bits per heavy atom. The molecule has 1 N–H and O–H groups in total. The summed E-state index contributed by atoms with van der Waals surface area (Å²) in [4.78, 5) is 22.6. The highest BCUT2D eigenvalue weighted by molar-refractivity contribution is 9.10. The van der Waals surface area contributed by atoms with Gasteiger partial charge in [0.1, 0.15) is 10.4 Å². The molecule has 1 aromatic heterocycles. The standard InChI is InChI=1S/C14H14BrNO4/c1-8-3-4-11-9(5-8)6-12(20-11)13(17)16-7-10(15)14(18)19-2/h3-6,10H,7H2,1-2H3,(H,16,17). The number of carbonyl (C=O) groups is 2. The number of alkyl halides is 1. The molecule has 2 rings (SSSR count). The molecule has 0 fully saturated rings. The Labute approximate surface area is 124 Å². The molecule has 0 saturated heterocycles. The molecule has 6 heteroatoms. The van der Waals surface area contributed by atoms with E-state index in [2.05, 4.69) is 26.0 Å². The Morgan fingerprint density at radius 2 is 2.15 bits per heavy atom. The lowest BCUT2D eigenvalue weighted by molar-refractivity contribution is -0.139. The normalized spacial score (nSPS) is 12.2. The largest absolute Gasteiger partial charge is 0.468 e. The van der Waals surface area contributed by atoms with Crippen molar-refractivity contribution in [2.45, 2.75) is 11.8 Å². The van der Waals surface area contributed by atoms with Crippen molar-refractivity contribution in [3.05, 3.63) is 35.6 Å². The van der Waals surface area contributed by atoms with Gasteiger partial charge in [0.2, 0.25) is 0 Å². The summed E-state index contributed by atoms with van der Waals surface area (Å²) in [5.74, 6) is -0.590. The van der Waals surface area contributed by atoms with Crippen LogP contribution in [0.1, 0.15) is 16.1 Å². The molecule has 0 aliphatic rings. The number of hydrogen-bond acceptors (Lipinski definition) is 4. The molecular formula is C14H14BrNO4. The number of aryl methyl sites for hydroxylation is 1. The van der Waals surface area contributed by atoms with Crippen molar-refractivity contribution in [1.29, 1.82) is 0 Å². The van der Waals surface area contributed by atoms with Gasteiger partial charge in [-0.2, -0.15) is 0 Å². The van der Waals surface area contributed by atoms with Gasteiger partial charge in [0.15, 0.2) is 5.76 Å². The van der Waals surface area contributed by atoms with Crippen molar-refractivity contribution in [2.24, 2.45) is 0 Å². The summed E-state index contributed by atoms with van der Waals surface area (Å²) in [6, 6.07) is 7.36. The van der Waals surface area contributed by atoms with E-state index in [-0.39, 0.29) is 18.2 Å². The van der Waals surface area contributed by atoms with Gasteiger partial charge in [0.25, 0.3) is 5.91 Å². The molecule has 1 atom stereocenters. The summed E-state index contributed by atoms with van der Waals surface area (Å²) in [6.45, 7) is 2.10. The van der Waals surface area contributed by atoms with Crippen LogP contribution in [0.4, 0.5) is 0 Å². The van der Waals surface area contributed by atoms with E-state index in [9.17, 15) is 9.59 Å². The smallest absolute Gasteiger partial charge is 0.321 e. The van der Waals surface area contributed by atoms with E-state index >= 15 is 0 Å². The fourth-order valence-corrected chi connectivity index (χ4v) is 2.10. The lowest BCUT2D eigenvalue weighted by Gasteiger charge is -2.07. The van der Waals surface area contributed by atoms with E-state index < -0.39 is 10.8 Å². The number of esters is 1. The predicted octanol–water partition coefficient (Wildman–Crippen LogP) is 2.41.